The lowest BCUT2D eigenvalue weighted by Crippen LogP contribution is -2.40. The maximum absolute atomic E-state index is 12.3. The fraction of sp³-hybridized carbons (Fsp3) is 0.167. The van der Waals surface area contributed by atoms with Crippen molar-refractivity contribution in [3.8, 4) is 11.5 Å². The molecular weight excluding hydrogens is 386 g/mol. The Labute approximate surface area is 160 Å². The minimum atomic E-state index is -3.64. The van der Waals surface area contributed by atoms with Crippen LogP contribution in [0.25, 0.3) is 0 Å². The second-order valence-corrected chi connectivity index (χ2v) is 7.92. The van der Waals surface area contributed by atoms with Crippen LogP contribution in [0.1, 0.15) is 5.89 Å². The predicted molar refractivity (Wildman–Crippen MR) is 96.6 cm³/mol. The van der Waals surface area contributed by atoms with Gasteiger partial charge < -0.3 is 13.9 Å². The number of hydrogen-bond acceptors (Lipinski definition) is 8. The molecule has 144 valence electrons. The van der Waals surface area contributed by atoms with Gasteiger partial charge >= 0.3 is 6.01 Å². The Morgan fingerprint density at radius 3 is 2.54 bits per heavy atom. The molecule has 0 radical (unpaired) electrons. The Morgan fingerprint density at radius 2 is 1.75 bits per heavy atom. The Hall–Kier alpha value is -3.40. The lowest BCUT2D eigenvalue weighted by molar-refractivity contribution is -0.125. The van der Waals surface area contributed by atoms with Gasteiger partial charge in [-0.3, -0.25) is 10.1 Å². The standard InChI is InChI=1S/C18H15N3O6S/c22-17(15-10-25-13-8-4-5-9-14(13)26-15)19-18-21-20-16(27-18)11-28(23,24)12-6-2-1-3-7-12/h1-9,15H,10-11H2,(H,19,21,22)/t15-/m0/s1. The Kier molecular flexibility index (Phi) is 4.70. The van der Waals surface area contributed by atoms with Crippen molar-refractivity contribution in [3.63, 3.8) is 0 Å². The van der Waals surface area contributed by atoms with E-state index in [2.05, 4.69) is 15.5 Å². The molecular formula is C18H15N3O6S. The van der Waals surface area contributed by atoms with Gasteiger partial charge in [-0.25, -0.2) is 8.42 Å². The number of nitrogens with one attached hydrogen (secondary N) is 1. The molecule has 28 heavy (non-hydrogen) atoms. The van der Waals surface area contributed by atoms with Crippen LogP contribution in [-0.2, 0) is 20.4 Å². The molecule has 0 bridgehead atoms. The third-order valence-corrected chi connectivity index (χ3v) is 5.53. The maximum Gasteiger partial charge on any atom is 0.322 e. The molecule has 0 spiro atoms. The topological polar surface area (TPSA) is 121 Å². The smallest absolute Gasteiger partial charge is 0.322 e. The summed E-state index contributed by atoms with van der Waals surface area (Å²) in [5.74, 6) is -0.149. The van der Waals surface area contributed by atoms with Gasteiger partial charge in [-0.05, 0) is 24.3 Å². The van der Waals surface area contributed by atoms with Crippen molar-refractivity contribution in [3.05, 3.63) is 60.5 Å². The predicted octanol–water partition coefficient (Wildman–Crippen LogP) is 1.82. The zero-order valence-corrected chi connectivity index (χ0v) is 15.3. The molecule has 2 heterocycles. The van der Waals surface area contributed by atoms with E-state index in [0.29, 0.717) is 11.5 Å². The van der Waals surface area contributed by atoms with Gasteiger partial charge in [-0.1, -0.05) is 35.4 Å². The average molecular weight is 401 g/mol. The van der Waals surface area contributed by atoms with Crippen LogP contribution < -0.4 is 14.8 Å². The number of nitrogens with zero attached hydrogens (tertiary/aromatic N) is 2. The lowest BCUT2D eigenvalue weighted by Gasteiger charge is -2.24. The Morgan fingerprint density at radius 1 is 1.04 bits per heavy atom. The number of anilines is 1. The average Bonchev–Trinajstić information content (AvgIpc) is 3.14. The first-order valence-electron chi connectivity index (χ1n) is 8.31. The molecule has 0 aliphatic carbocycles. The first-order chi connectivity index (χ1) is 13.5. The highest BCUT2D eigenvalue weighted by Crippen LogP contribution is 2.31. The molecule has 3 aromatic rings. The van der Waals surface area contributed by atoms with Crippen LogP contribution in [0.2, 0.25) is 0 Å². The number of carbonyl (C=O) groups excluding carboxylic acids is 1. The van der Waals surface area contributed by atoms with E-state index in [1.807, 2.05) is 0 Å². The summed E-state index contributed by atoms with van der Waals surface area (Å²) >= 11 is 0. The van der Waals surface area contributed by atoms with E-state index >= 15 is 0 Å². The normalized spacial score (nSPS) is 15.8. The SMILES string of the molecule is O=C(Nc1nnc(CS(=O)(=O)c2ccccc2)o1)[C@@H]1COc2ccccc2O1. The zero-order chi connectivity index (χ0) is 19.6. The van der Waals surface area contributed by atoms with Crippen molar-refractivity contribution >= 4 is 21.8 Å². The van der Waals surface area contributed by atoms with E-state index in [0.717, 1.165) is 0 Å². The van der Waals surface area contributed by atoms with Crippen LogP contribution in [0.4, 0.5) is 6.01 Å². The molecule has 1 aromatic heterocycles. The van der Waals surface area contributed by atoms with E-state index in [4.69, 9.17) is 13.9 Å². The van der Waals surface area contributed by atoms with Crippen LogP contribution in [0, 0.1) is 0 Å². The van der Waals surface area contributed by atoms with Gasteiger partial charge in [0.1, 0.15) is 12.4 Å². The molecule has 1 aliphatic rings. The summed E-state index contributed by atoms with van der Waals surface area (Å²) in [7, 11) is -3.64. The summed E-state index contributed by atoms with van der Waals surface area (Å²) in [6, 6.07) is 14.7. The first kappa shape index (κ1) is 18.0. The minimum absolute atomic E-state index is 0.0201. The van der Waals surface area contributed by atoms with Gasteiger partial charge in [0.05, 0.1) is 4.90 Å². The largest absolute Gasteiger partial charge is 0.485 e. The van der Waals surface area contributed by atoms with Crippen molar-refractivity contribution in [1.29, 1.82) is 0 Å². The Bertz CT molecular complexity index is 1100. The summed E-state index contributed by atoms with van der Waals surface area (Å²) in [5, 5.41) is 9.75. The van der Waals surface area contributed by atoms with Crippen LogP contribution >= 0.6 is 0 Å². The number of rotatable bonds is 5. The van der Waals surface area contributed by atoms with Crippen molar-refractivity contribution < 1.29 is 27.1 Å². The van der Waals surface area contributed by atoms with Gasteiger partial charge in [-0.15, -0.1) is 5.10 Å². The van der Waals surface area contributed by atoms with E-state index in [-0.39, 0.29) is 23.4 Å². The van der Waals surface area contributed by atoms with Gasteiger partial charge in [0, 0.05) is 0 Å². The van der Waals surface area contributed by atoms with Crippen molar-refractivity contribution in [2.45, 2.75) is 16.8 Å². The molecule has 10 heteroatoms. The fourth-order valence-electron chi connectivity index (χ4n) is 2.57. The number of benzene rings is 2. The van der Waals surface area contributed by atoms with Gasteiger partial charge in [0.25, 0.3) is 5.91 Å². The summed E-state index contributed by atoms with van der Waals surface area (Å²) in [4.78, 5) is 12.5. The number of aromatic nitrogens is 2. The lowest BCUT2D eigenvalue weighted by atomic mass is 10.2. The monoisotopic (exact) mass is 401 g/mol. The second kappa shape index (κ2) is 7.31. The summed E-state index contributed by atoms with van der Waals surface area (Å²) in [5.41, 5.74) is 0. The molecule has 4 rings (SSSR count). The third-order valence-electron chi connectivity index (χ3n) is 3.91. The molecule has 0 saturated carbocycles. The van der Waals surface area contributed by atoms with Gasteiger partial charge in [0.15, 0.2) is 21.3 Å². The summed E-state index contributed by atoms with van der Waals surface area (Å²) in [6.07, 6.45) is -0.904. The molecule has 9 nitrogen and oxygen atoms in total. The molecule has 1 N–H and O–H groups in total. The number of hydrogen-bond donors (Lipinski definition) is 1. The number of para-hydroxylation sites is 2. The first-order valence-corrected chi connectivity index (χ1v) is 9.96. The Balaban J connectivity index is 1.41. The molecule has 1 aliphatic heterocycles. The van der Waals surface area contributed by atoms with E-state index in [1.165, 1.54) is 12.1 Å². The fourth-order valence-corrected chi connectivity index (χ4v) is 3.75. The van der Waals surface area contributed by atoms with Crippen molar-refractivity contribution in [2.75, 3.05) is 11.9 Å². The van der Waals surface area contributed by atoms with E-state index in [9.17, 15) is 13.2 Å². The van der Waals surface area contributed by atoms with Crippen LogP contribution in [-0.4, -0.2) is 37.2 Å². The van der Waals surface area contributed by atoms with Crippen molar-refractivity contribution in [2.24, 2.45) is 0 Å². The highest BCUT2D eigenvalue weighted by atomic mass is 32.2. The van der Waals surface area contributed by atoms with E-state index < -0.39 is 27.6 Å². The molecule has 2 aromatic carbocycles. The molecule has 1 amide bonds. The maximum atomic E-state index is 12.3. The van der Waals surface area contributed by atoms with Crippen LogP contribution in [0.5, 0.6) is 11.5 Å². The summed E-state index contributed by atoms with van der Waals surface area (Å²) < 4.78 is 41.0. The number of ether oxygens (including phenoxy) is 2. The zero-order valence-electron chi connectivity index (χ0n) is 14.4. The molecule has 0 unspecified atom stereocenters. The quantitative estimate of drug-likeness (QED) is 0.687. The third kappa shape index (κ3) is 3.81. The van der Waals surface area contributed by atoms with Gasteiger partial charge in [0.2, 0.25) is 12.0 Å². The van der Waals surface area contributed by atoms with E-state index in [1.54, 1.807) is 42.5 Å². The number of carbonyl (C=O) groups is 1. The minimum Gasteiger partial charge on any atom is -0.485 e. The van der Waals surface area contributed by atoms with Crippen molar-refractivity contribution in [1.82, 2.24) is 10.2 Å². The summed E-state index contributed by atoms with van der Waals surface area (Å²) in [6.45, 7) is 0.0201. The van der Waals surface area contributed by atoms with Crippen LogP contribution in [0.3, 0.4) is 0 Å². The van der Waals surface area contributed by atoms with Gasteiger partial charge in [-0.2, -0.15) is 0 Å². The number of amides is 1. The highest BCUT2D eigenvalue weighted by molar-refractivity contribution is 7.90. The molecule has 0 saturated heterocycles. The molecule has 1 atom stereocenters. The molecule has 0 fully saturated rings. The second-order valence-electron chi connectivity index (χ2n) is 5.93. The number of fused-ring (bicyclic) bond motifs is 1. The van der Waals surface area contributed by atoms with Crippen LogP contribution in [0.15, 0.2) is 63.9 Å². The highest BCUT2D eigenvalue weighted by Gasteiger charge is 2.28. The number of sulfone groups is 1.